The lowest BCUT2D eigenvalue weighted by Crippen LogP contribution is -2.28. The first-order valence-corrected chi connectivity index (χ1v) is 6.39. The van der Waals surface area contributed by atoms with Crippen LogP contribution in [0.3, 0.4) is 0 Å². The minimum absolute atomic E-state index is 0.195. The topological polar surface area (TPSA) is 37.8 Å². The first kappa shape index (κ1) is 13.6. The molecular formula is C15H18FN3. The number of nitrogens with zero attached hydrogens (tertiary/aromatic N) is 2. The molecule has 0 spiro atoms. The largest absolute Gasteiger partial charge is 0.308 e. The smallest absolute Gasteiger partial charge is 0.123 e. The fraction of sp³-hybridized carbons (Fsp3) is 0.333. The van der Waals surface area contributed by atoms with E-state index in [2.05, 4.69) is 22.2 Å². The van der Waals surface area contributed by atoms with Crippen LogP contribution in [0.1, 0.15) is 23.9 Å². The second kappa shape index (κ2) is 6.38. The molecule has 0 amide bonds. The highest BCUT2D eigenvalue weighted by Gasteiger charge is 2.04. The first-order valence-electron chi connectivity index (χ1n) is 6.39. The zero-order valence-electron chi connectivity index (χ0n) is 11.2. The van der Waals surface area contributed by atoms with Gasteiger partial charge in [-0.15, -0.1) is 0 Å². The summed E-state index contributed by atoms with van der Waals surface area (Å²) in [6.45, 7) is 4.71. The SMILES string of the molecule is Cc1cnc(CNC(C)Cc2ccc(F)cc2)cn1. The molecule has 0 saturated heterocycles. The maximum atomic E-state index is 12.8. The van der Waals surface area contributed by atoms with Gasteiger partial charge in [-0.05, 0) is 38.0 Å². The van der Waals surface area contributed by atoms with Gasteiger partial charge < -0.3 is 5.32 Å². The molecule has 1 aromatic carbocycles. The van der Waals surface area contributed by atoms with Crippen LogP contribution in [0.25, 0.3) is 0 Å². The highest BCUT2D eigenvalue weighted by molar-refractivity contribution is 5.17. The Morgan fingerprint density at radius 2 is 1.89 bits per heavy atom. The van der Waals surface area contributed by atoms with E-state index in [-0.39, 0.29) is 5.82 Å². The molecule has 0 radical (unpaired) electrons. The van der Waals surface area contributed by atoms with Crippen LogP contribution in [0.4, 0.5) is 4.39 Å². The van der Waals surface area contributed by atoms with Crippen LogP contribution in [-0.2, 0) is 13.0 Å². The molecule has 1 atom stereocenters. The van der Waals surface area contributed by atoms with Gasteiger partial charge in [0.2, 0.25) is 0 Å². The number of rotatable bonds is 5. The van der Waals surface area contributed by atoms with E-state index in [1.165, 1.54) is 12.1 Å². The predicted molar refractivity (Wildman–Crippen MR) is 73.2 cm³/mol. The third kappa shape index (κ3) is 4.41. The van der Waals surface area contributed by atoms with Gasteiger partial charge in [-0.3, -0.25) is 9.97 Å². The quantitative estimate of drug-likeness (QED) is 0.897. The minimum atomic E-state index is -0.195. The Kier molecular flexibility index (Phi) is 4.58. The van der Waals surface area contributed by atoms with E-state index in [1.54, 1.807) is 12.4 Å². The Morgan fingerprint density at radius 3 is 2.53 bits per heavy atom. The third-order valence-corrected chi connectivity index (χ3v) is 2.92. The Labute approximate surface area is 112 Å². The van der Waals surface area contributed by atoms with Crippen molar-refractivity contribution in [2.45, 2.75) is 32.9 Å². The zero-order chi connectivity index (χ0) is 13.7. The van der Waals surface area contributed by atoms with Gasteiger partial charge in [-0.25, -0.2) is 4.39 Å². The molecule has 0 aliphatic carbocycles. The lowest BCUT2D eigenvalue weighted by molar-refractivity contribution is 0.538. The van der Waals surface area contributed by atoms with Crippen LogP contribution in [-0.4, -0.2) is 16.0 Å². The average Bonchev–Trinajstić information content (AvgIpc) is 2.41. The van der Waals surface area contributed by atoms with Crippen LogP contribution in [0.5, 0.6) is 0 Å². The molecule has 2 rings (SSSR count). The first-order chi connectivity index (χ1) is 9.13. The van der Waals surface area contributed by atoms with Crippen molar-refractivity contribution in [3.05, 3.63) is 59.4 Å². The van der Waals surface area contributed by atoms with Gasteiger partial charge in [0, 0.05) is 25.0 Å². The van der Waals surface area contributed by atoms with E-state index >= 15 is 0 Å². The summed E-state index contributed by atoms with van der Waals surface area (Å²) in [4.78, 5) is 8.50. The predicted octanol–water partition coefficient (Wildman–Crippen LogP) is 2.64. The van der Waals surface area contributed by atoms with Crippen LogP contribution in [0.2, 0.25) is 0 Å². The summed E-state index contributed by atoms with van der Waals surface area (Å²) in [6.07, 6.45) is 4.41. The lowest BCUT2D eigenvalue weighted by atomic mass is 10.1. The van der Waals surface area contributed by atoms with Crippen molar-refractivity contribution in [2.24, 2.45) is 0 Å². The maximum absolute atomic E-state index is 12.8. The van der Waals surface area contributed by atoms with Gasteiger partial charge in [-0.1, -0.05) is 12.1 Å². The number of benzene rings is 1. The number of aryl methyl sites for hydroxylation is 1. The van der Waals surface area contributed by atoms with Gasteiger partial charge in [0.1, 0.15) is 5.82 Å². The van der Waals surface area contributed by atoms with Crippen molar-refractivity contribution in [2.75, 3.05) is 0 Å². The normalized spacial score (nSPS) is 12.4. The van der Waals surface area contributed by atoms with E-state index < -0.39 is 0 Å². The molecule has 0 fully saturated rings. The van der Waals surface area contributed by atoms with Crippen molar-refractivity contribution in [1.82, 2.24) is 15.3 Å². The molecular weight excluding hydrogens is 241 g/mol. The van der Waals surface area contributed by atoms with Crippen LogP contribution in [0, 0.1) is 12.7 Å². The third-order valence-electron chi connectivity index (χ3n) is 2.92. The molecule has 19 heavy (non-hydrogen) atoms. The number of hydrogen-bond acceptors (Lipinski definition) is 3. The van der Waals surface area contributed by atoms with Crippen molar-refractivity contribution < 1.29 is 4.39 Å². The Morgan fingerprint density at radius 1 is 1.16 bits per heavy atom. The second-order valence-corrected chi connectivity index (χ2v) is 4.76. The van der Waals surface area contributed by atoms with Gasteiger partial charge >= 0.3 is 0 Å². The summed E-state index contributed by atoms with van der Waals surface area (Å²) in [5.74, 6) is -0.195. The molecule has 1 N–H and O–H groups in total. The van der Waals surface area contributed by atoms with Gasteiger partial charge in [0.05, 0.1) is 11.4 Å². The number of nitrogens with one attached hydrogen (secondary N) is 1. The molecule has 0 saturated carbocycles. The van der Waals surface area contributed by atoms with E-state index in [0.29, 0.717) is 12.6 Å². The summed E-state index contributed by atoms with van der Waals surface area (Å²) in [7, 11) is 0. The van der Waals surface area contributed by atoms with E-state index in [0.717, 1.165) is 23.4 Å². The Hall–Kier alpha value is -1.81. The number of hydrogen-bond donors (Lipinski definition) is 1. The van der Waals surface area contributed by atoms with Crippen LogP contribution >= 0.6 is 0 Å². The molecule has 3 nitrogen and oxygen atoms in total. The molecule has 0 aliphatic heterocycles. The fourth-order valence-electron chi connectivity index (χ4n) is 1.84. The van der Waals surface area contributed by atoms with Crippen LogP contribution < -0.4 is 5.32 Å². The highest BCUT2D eigenvalue weighted by Crippen LogP contribution is 2.06. The second-order valence-electron chi connectivity index (χ2n) is 4.76. The molecule has 1 unspecified atom stereocenters. The number of halogens is 1. The summed E-state index contributed by atoms with van der Waals surface area (Å²) in [5.41, 5.74) is 2.97. The van der Waals surface area contributed by atoms with Gasteiger partial charge in [-0.2, -0.15) is 0 Å². The Bertz CT molecular complexity index is 508. The molecule has 1 aromatic heterocycles. The van der Waals surface area contributed by atoms with Gasteiger partial charge in [0.15, 0.2) is 0 Å². The highest BCUT2D eigenvalue weighted by atomic mass is 19.1. The van der Waals surface area contributed by atoms with Crippen molar-refractivity contribution in [3.63, 3.8) is 0 Å². The van der Waals surface area contributed by atoms with Crippen molar-refractivity contribution >= 4 is 0 Å². The van der Waals surface area contributed by atoms with E-state index in [1.807, 2.05) is 19.1 Å². The molecule has 0 bridgehead atoms. The summed E-state index contributed by atoms with van der Waals surface area (Å²) >= 11 is 0. The summed E-state index contributed by atoms with van der Waals surface area (Å²) in [5, 5.41) is 3.39. The molecule has 100 valence electrons. The van der Waals surface area contributed by atoms with E-state index in [9.17, 15) is 4.39 Å². The maximum Gasteiger partial charge on any atom is 0.123 e. The number of aromatic nitrogens is 2. The van der Waals surface area contributed by atoms with Crippen molar-refractivity contribution in [3.8, 4) is 0 Å². The lowest BCUT2D eigenvalue weighted by Gasteiger charge is -2.13. The standard InChI is InChI=1S/C15H18FN3/c1-11(7-13-3-5-14(16)6-4-13)17-9-15-10-18-12(2)8-19-15/h3-6,8,10-11,17H,7,9H2,1-2H3. The average molecular weight is 259 g/mol. The summed E-state index contributed by atoms with van der Waals surface area (Å²) in [6, 6.07) is 6.92. The minimum Gasteiger partial charge on any atom is -0.308 e. The van der Waals surface area contributed by atoms with Crippen LogP contribution in [0.15, 0.2) is 36.7 Å². The molecule has 4 heteroatoms. The fourth-order valence-corrected chi connectivity index (χ4v) is 1.84. The van der Waals surface area contributed by atoms with E-state index in [4.69, 9.17) is 0 Å². The van der Waals surface area contributed by atoms with Crippen molar-refractivity contribution in [1.29, 1.82) is 0 Å². The zero-order valence-corrected chi connectivity index (χ0v) is 11.2. The van der Waals surface area contributed by atoms with Gasteiger partial charge in [0.25, 0.3) is 0 Å². The monoisotopic (exact) mass is 259 g/mol. The molecule has 1 heterocycles. The molecule has 2 aromatic rings. The molecule has 0 aliphatic rings. The summed E-state index contributed by atoms with van der Waals surface area (Å²) < 4.78 is 12.8. The Balaban J connectivity index is 1.82.